The molecular formula is C16H15BrN2O. The summed E-state index contributed by atoms with van der Waals surface area (Å²) in [5, 5.41) is 8.77. The fraction of sp³-hybridized carbons (Fsp3) is 0.188. The van der Waals surface area contributed by atoms with Crippen molar-refractivity contribution in [3.05, 3.63) is 58.6 Å². The molecule has 2 aromatic carbocycles. The van der Waals surface area contributed by atoms with Crippen molar-refractivity contribution in [1.82, 2.24) is 0 Å². The van der Waals surface area contributed by atoms with Crippen molar-refractivity contribution in [3.8, 4) is 11.8 Å². The van der Waals surface area contributed by atoms with E-state index in [2.05, 4.69) is 26.9 Å². The Bertz CT molecular complexity index is 605. The Hall–Kier alpha value is -1.99. The number of hydrogen-bond acceptors (Lipinski definition) is 3. The Morgan fingerprint density at radius 2 is 1.95 bits per heavy atom. The number of hydrogen-bond donors (Lipinski definition) is 0. The zero-order valence-corrected chi connectivity index (χ0v) is 12.8. The summed E-state index contributed by atoms with van der Waals surface area (Å²) in [4.78, 5) is 2.10. The number of halogens is 1. The van der Waals surface area contributed by atoms with Gasteiger partial charge in [0.25, 0.3) is 0 Å². The molecule has 0 radical (unpaired) electrons. The van der Waals surface area contributed by atoms with Gasteiger partial charge in [-0.3, -0.25) is 0 Å². The van der Waals surface area contributed by atoms with Gasteiger partial charge in [-0.05, 0) is 42.5 Å². The van der Waals surface area contributed by atoms with Crippen LogP contribution in [-0.4, -0.2) is 20.2 Å². The van der Waals surface area contributed by atoms with Crippen LogP contribution in [0.1, 0.15) is 5.56 Å². The van der Waals surface area contributed by atoms with Crippen molar-refractivity contribution in [3.63, 3.8) is 0 Å². The summed E-state index contributed by atoms with van der Waals surface area (Å²) in [6.07, 6.45) is 0. The Labute approximate surface area is 127 Å². The topological polar surface area (TPSA) is 36.3 Å². The van der Waals surface area contributed by atoms with Crippen molar-refractivity contribution in [2.75, 3.05) is 25.1 Å². The average Bonchev–Trinajstić information content (AvgIpc) is 2.47. The lowest BCUT2D eigenvalue weighted by molar-refractivity contribution is 0.326. The van der Waals surface area contributed by atoms with Crippen molar-refractivity contribution in [1.29, 1.82) is 5.26 Å². The summed E-state index contributed by atoms with van der Waals surface area (Å²) < 4.78 is 6.71. The second kappa shape index (κ2) is 6.97. The van der Waals surface area contributed by atoms with E-state index in [1.54, 1.807) is 0 Å². The van der Waals surface area contributed by atoms with Crippen LogP contribution in [0.5, 0.6) is 5.75 Å². The third-order valence-electron chi connectivity index (χ3n) is 2.93. The van der Waals surface area contributed by atoms with Crippen LogP contribution in [0, 0.1) is 11.3 Å². The maximum Gasteiger partial charge on any atom is 0.120 e. The van der Waals surface area contributed by atoms with Crippen LogP contribution in [0.15, 0.2) is 53.0 Å². The van der Waals surface area contributed by atoms with Gasteiger partial charge < -0.3 is 9.64 Å². The molecule has 2 aromatic rings. The molecule has 3 nitrogen and oxygen atoms in total. The van der Waals surface area contributed by atoms with Gasteiger partial charge in [-0.15, -0.1) is 0 Å². The van der Waals surface area contributed by atoms with Gasteiger partial charge >= 0.3 is 0 Å². The van der Waals surface area contributed by atoms with E-state index in [4.69, 9.17) is 10.00 Å². The quantitative estimate of drug-likeness (QED) is 0.835. The van der Waals surface area contributed by atoms with Gasteiger partial charge in [-0.25, -0.2) is 0 Å². The highest BCUT2D eigenvalue weighted by Crippen LogP contribution is 2.18. The molecule has 0 heterocycles. The number of ether oxygens (including phenoxy) is 1. The van der Waals surface area contributed by atoms with Gasteiger partial charge in [0.1, 0.15) is 12.4 Å². The third-order valence-corrected chi connectivity index (χ3v) is 3.42. The Morgan fingerprint density at radius 1 is 1.20 bits per heavy atom. The molecule has 4 heteroatoms. The molecule has 0 N–H and O–H groups in total. The zero-order valence-electron chi connectivity index (χ0n) is 11.2. The van der Waals surface area contributed by atoms with E-state index in [0.29, 0.717) is 12.2 Å². The molecule has 0 aromatic heterocycles. The lowest BCUT2D eigenvalue weighted by Crippen LogP contribution is -2.23. The van der Waals surface area contributed by atoms with Gasteiger partial charge in [0.2, 0.25) is 0 Å². The number of rotatable bonds is 5. The van der Waals surface area contributed by atoms with Crippen LogP contribution in [0.3, 0.4) is 0 Å². The maximum absolute atomic E-state index is 8.77. The first-order valence-electron chi connectivity index (χ1n) is 6.29. The standard InChI is InChI=1S/C16H15BrN2O/c1-19(15-7-5-13(12-18)6-8-15)9-10-20-16-4-2-3-14(17)11-16/h2-8,11H,9-10H2,1H3. The molecule has 20 heavy (non-hydrogen) atoms. The number of anilines is 1. The van der Waals surface area contributed by atoms with Crippen LogP contribution in [0.2, 0.25) is 0 Å². The van der Waals surface area contributed by atoms with E-state index in [-0.39, 0.29) is 0 Å². The van der Waals surface area contributed by atoms with Crippen molar-refractivity contribution in [2.45, 2.75) is 0 Å². The predicted molar refractivity (Wildman–Crippen MR) is 84.1 cm³/mol. The molecular weight excluding hydrogens is 316 g/mol. The van der Waals surface area contributed by atoms with E-state index < -0.39 is 0 Å². The number of nitriles is 1. The van der Waals surface area contributed by atoms with Crippen LogP contribution < -0.4 is 9.64 Å². The molecule has 2 rings (SSSR count). The zero-order chi connectivity index (χ0) is 14.4. The lowest BCUT2D eigenvalue weighted by atomic mass is 10.2. The van der Waals surface area contributed by atoms with E-state index >= 15 is 0 Å². The Balaban J connectivity index is 1.85. The van der Waals surface area contributed by atoms with Crippen molar-refractivity contribution < 1.29 is 4.74 Å². The molecule has 0 unspecified atom stereocenters. The minimum absolute atomic E-state index is 0.604. The van der Waals surface area contributed by atoms with Gasteiger partial charge in [-0.1, -0.05) is 22.0 Å². The van der Waals surface area contributed by atoms with Gasteiger partial charge in [0.15, 0.2) is 0 Å². The smallest absolute Gasteiger partial charge is 0.120 e. The monoisotopic (exact) mass is 330 g/mol. The fourth-order valence-electron chi connectivity index (χ4n) is 1.78. The fourth-order valence-corrected chi connectivity index (χ4v) is 2.15. The molecule has 0 atom stereocenters. The highest BCUT2D eigenvalue weighted by molar-refractivity contribution is 9.10. The number of nitrogens with zero attached hydrogens (tertiary/aromatic N) is 2. The first kappa shape index (κ1) is 14.4. The molecule has 0 aliphatic heterocycles. The highest BCUT2D eigenvalue weighted by Gasteiger charge is 2.02. The number of likely N-dealkylation sites (N-methyl/N-ethyl adjacent to an activating group) is 1. The molecule has 0 spiro atoms. The normalized spacial score (nSPS) is 9.85. The Morgan fingerprint density at radius 3 is 2.60 bits per heavy atom. The molecule has 0 aliphatic carbocycles. The van der Waals surface area contributed by atoms with Gasteiger partial charge in [0.05, 0.1) is 18.2 Å². The second-order valence-corrected chi connectivity index (χ2v) is 5.30. The van der Waals surface area contributed by atoms with Crippen LogP contribution >= 0.6 is 15.9 Å². The molecule has 0 aliphatic rings. The second-order valence-electron chi connectivity index (χ2n) is 4.39. The van der Waals surface area contributed by atoms with Crippen molar-refractivity contribution >= 4 is 21.6 Å². The molecule has 0 bridgehead atoms. The minimum Gasteiger partial charge on any atom is -0.492 e. The van der Waals surface area contributed by atoms with Crippen LogP contribution in [-0.2, 0) is 0 Å². The summed E-state index contributed by atoms with van der Waals surface area (Å²) in [7, 11) is 2.01. The molecule has 0 saturated heterocycles. The van der Waals surface area contributed by atoms with Crippen molar-refractivity contribution in [2.24, 2.45) is 0 Å². The molecule has 0 amide bonds. The summed E-state index contributed by atoms with van der Waals surface area (Å²) in [6, 6.07) is 17.4. The van der Waals surface area contributed by atoms with E-state index in [9.17, 15) is 0 Å². The third kappa shape index (κ3) is 4.01. The summed E-state index contributed by atoms with van der Waals surface area (Å²) in [5.41, 5.74) is 1.74. The van der Waals surface area contributed by atoms with Crippen LogP contribution in [0.4, 0.5) is 5.69 Å². The summed E-state index contributed by atoms with van der Waals surface area (Å²) >= 11 is 3.42. The lowest BCUT2D eigenvalue weighted by Gasteiger charge is -2.19. The Kier molecular flexibility index (Phi) is 5.03. The highest BCUT2D eigenvalue weighted by atomic mass is 79.9. The van der Waals surface area contributed by atoms with E-state index in [1.807, 2.05) is 55.6 Å². The predicted octanol–water partition coefficient (Wildman–Crippen LogP) is 3.84. The average molecular weight is 331 g/mol. The first-order valence-corrected chi connectivity index (χ1v) is 7.08. The largest absolute Gasteiger partial charge is 0.492 e. The van der Waals surface area contributed by atoms with E-state index in [0.717, 1.165) is 22.5 Å². The summed E-state index contributed by atoms with van der Waals surface area (Å²) in [6.45, 7) is 1.38. The number of benzene rings is 2. The SMILES string of the molecule is CN(CCOc1cccc(Br)c1)c1ccc(C#N)cc1. The maximum atomic E-state index is 8.77. The van der Waals surface area contributed by atoms with Gasteiger partial charge in [0, 0.05) is 17.2 Å². The minimum atomic E-state index is 0.604. The van der Waals surface area contributed by atoms with E-state index in [1.165, 1.54) is 0 Å². The molecule has 102 valence electrons. The van der Waals surface area contributed by atoms with Gasteiger partial charge in [-0.2, -0.15) is 5.26 Å². The van der Waals surface area contributed by atoms with Crippen LogP contribution in [0.25, 0.3) is 0 Å². The first-order chi connectivity index (χ1) is 9.69. The molecule has 0 fully saturated rings. The summed E-state index contributed by atoms with van der Waals surface area (Å²) in [5.74, 6) is 0.854. The molecule has 0 saturated carbocycles.